The monoisotopic (exact) mass is 416 g/mol. The molecule has 2 aromatic carbocycles. The van der Waals surface area contributed by atoms with Gasteiger partial charge in [0.2, 0.25) is 0 Å². The van der Waals surface area contributed by atoms with Gasteiger partial charge >= 0.3 is 0 Å². The Balaban J connectivity index is 1.68. The molecule has 0 amide bonds. The molecule has 146 valence electrons. The first-order chi connectivity index (χ1) is 13.5. The fraction of sp³-hybridized carbons (Fsp3) is 0.238. The lowest BCUT2D eigenvalue weighted by molar-refractivity contribution is 0.395. The quantitative estimate of drug-likeness (QED) is 0.531. The Bertz CT molecular complexity index is 913. The van der Waals surface area contributed by atoms with E-state index in [0.717, 1.165) is 36.3 Å². The number of thiocarbonyl (C=S) groups is 1. The highest BCUT2D eigenvalue weighted by Gasteiger charge is 2.12. The fourth-order valence-corrected chi connectivity index (χ4v) is 3.25. The zero-order chi connectivity index (χ0) is 19.9. The number of rotatable bonds is 7. The summed E-state index contributed by atoms with van der Waals surface area (Å²) in [5, 5.41) is 4.56. The van der Waals surface area contributed by atoms with Crippen LogP contribution in [0.4, 0.5) is 10.1 Å². The van der Waals surface area contributed by atoms with Crippen LogP contribution in [0.25, 0.3) is 0 Å². The topological polar surface area (TPSA) is 33.1 Å². The number of anilines is 1. The molecular formula is C21H22ClFN4S. The number of halogens is 2. The lowest BCUT2D eigenvalue weighted by atomic mass is 10.2. The van der Waals surface area contributed by atoms with Crippen molar-refractivity contribution in [1.29, 1.82) is 0 Å². The van der Waals surface area contributed by atoms with E-state index in [2.05, 4.69) is 15.2 Å². The predicted molar refractivity (Wildman–Crippen MR) is 116 cm³/mol. The van der Waals surface area contributed by atoms with E-state index < -0.39 is 0 Å². The van der Waals surface area contributed by atoms with Gasteiger partial charge in [0.05, 0.1) is 6.33 Å². The van der Waals surface area contributed by atoms with Crippen LogP contribution in [0.3, 0.4) is 0 Å². The number of aromatic nitrogens is 2. The van der Waals surface area contributed by atoms with Crippen LogP contribution in [-0.4, -0.2) is 26.1 Å². The molecule has 0 fully saturated rings. The number of hydrogen-bond acceptors (Lipinski definition) is 2. The molecule has 3 rings (SSSR count). The van der Waals surface area contributed by atoms with Gasteiger partial charge in [-0.1, -0.05) is 29.8 Å². The van der Waals surface area contributed by atoms with Gasteiger partial charge in [0.1, 0.15) is 5.82 Å². The molecule has 0 bridgehead atoms. The predicted octanol–water partition coefficient (Wildman–Crippen LogP) is 5.27. The van der Waals surface area contributed by atoms with Crippen LogP contribution in [0.5, 0.6) is 0 Å². The summed E-state index contributed by atoms with van der Waals surface area (Å²) in [6.07, 6.45) is 6.40. The summed E-state index contributed by atoms with van der Waals surface area (Å²) >= 11 is 11.9. The molecule has 0 saturated carbocycles. The number of nitrogens with zero attached hydrogens (tertiary/aromatic N) is 3. The normalized spacial score (nSPS) is 10.7. The fourth-order valence-electron chi connectivity index (χ4n) is 2.80. The van der Waals surface area contributed by atoms with Crippen molar-refractivity contribution in [3.63, 3.8) is 0 Å². The highest BCUT2D eigenvalue weighted by Crippen LogP contribution is 2.20. The van der Waals surface area contributed by atoms with Gasteiger partial charge in [-0.3, -0.25) is 0 Å². The van der Waals surface area contributed by atoms with Crippen LogP contribution < -0.4 is 5.32 Å². The molecule has 0 aliphatic carbocycles. The van der Waals surface area contributed by atoms with Gasteiger partial charge in [-0.25, -0.2) is 9.37 Å². The molecule has 0 radical (unpaired) electrons. The van der Waals surface area contributed by atoms with Crippen molar-refractivity contribution in [2.24, 2.45) is 0 Å². The van der Waals surface area contributed by atoms with Crippen LogP contribution in [0.1, 0.15) is 17.5 Å². The largest absolute Gasteiger partial charge is 0.345 e. The minimum Gasteiger partial charge on any atom is -0.345 e. The van der Waals surface area contributed by atoms with Crippen molar-refractivity contribution < 1.29 is 4.39 Å². The summed E-state index contributed by atoms with van der Waals surface area (Å²) in [5.74, 6) is -0.245. The van der Waals surface area contributed by atoms with Crippen molar-refractivity contribution in [2.75, 3.05) is 11.9 Å². The van der Waals surface area contributed by atoms with Crippen LogP contribution >= 0.6 is 23.8 Å². The smallest absolute Gasteiger partial charge is 0.173 e. The number of nitrogens with one attached hydrogen (secondary N) is 1. The lowest BCUT2D eigenvalue weighted by Gasteiger charge is -2.26. The van der Waals surface area contributed by atoms with E-state index in [1.54, 1.807) is 24.7 Å². The standard InChI is InChI=1S/C21H22ClFN4S/c1-16-3-8-19(13-20(16)22)25-21(28)27(11-2-10-26-12-9-24-15-26)14-17-4-6-18(23)7-5-17/h3-9,12-13,15H,2,10-11,14H2,1H3,(H,25,28). The van der Waals surface area contributed by atoms with Gasteiger partial charge in [-0.05, 0) is 61.0 Å². The second kappa shape index (κ2) is 9.66. The first kappa shape index (κ1) is 20.3. The molecule has 0 spiro atoms. The molecule has 28 heavy (non-hydrogen) atoms. The van der Waals surface area contributed by atoms with E-state index in [-0.39, 0.29) is 5.82 Å². The Kier molecular flexibility index (Phi) is 7.01. The van der Waals surface area contributed by atoms with Crippen molar-refractivity contribution in [3.05, 3.63) is 83.2 Å². The Hall–Kier alpha value is -2.44. The Morgan fingerprint density at radius 3 is 2.71 bits per heavy atom. The van der Waals surface area contributed by atoms with Crippen LogP contribution in [0, 0.1) is 12.7 Å². The average molecular weight is 417 g/mol. The highest BCUT2D eigenvalue weighted by molar-refractivity contribution is 7.80. The summed E-state index contributed by atoms with van der Waals surface area (Å²) < 4.78 is 15.3. The third kappa shape index (κ3) is 5.78. The zero-order valence-corrected chi connectivity index (χ0v) is 17.2. The first-order valence-electron chi connectivity index (χ1n) is 9.03. The number of imidazole rings is 1. The molecule has 0 saturated heterocycles. The third-order valence-corrected chi connectivity index (χ3v) is 5.17. The van der Waals surface area contributed by atoms with Crippen molar-refractivity contribution in [1.82, 2.24) is 14.5 Å². The lowest BCUT2D eigenvalue weighted by Crippen LogP contribution is -2.35. The summed E-state index contributed by atoms with van der Waals surface area (Å²) in [7, 11) is 0. The van der Waals surface area contributed by atoms with Gasteiger partial charge in [0.25, 0.3) is 0 Å². The molecule has 0 atom stereocenters. The maximum absolute atomic E-state index is 13.2. The molecule has 0 aliphatic rings. The van der Waals surface area contributed by atoms with Crippen molar-refractivity contribution >= 4 is 34.6 Å². The average Bonchev–Trinajstić information content (AvgIpc) is 3.19. The molecule has 7 heteroatoms. The van der Waals surface area contributed by atoms with Crippen molar-refractivity contribution in [2.45, 2.75) is 26.4 Å². The molecule has 1 aromatic heterocycles. The van der Waals surface area contributed by atoms with E-state index in [4.69, 9.17) is 23.8 Å². The maximum Gasteiger partial charge on any atom is 0.173 e. The highest BCUT2D eigenvalue weighted by atomic mass is 35.5. The Morgan fingerprint density at radius 2 is 2.04 bits per heavy atom. The minimum atomic E-state index is -0.245. The van der Waals surface area contributed by atoms with E-state index >= 15 is 0 Å². The van der Waals surface area contributed by atoms with Crippen LogP contribution in [-0.2, 0) is 13.1 Å². The van der Waals surface area contributed by atoms with Crippen LogP contribution in [0.2, 0.25) is 5.02 Å². The van der Waals surface area contributed by atoms with E-state index in [1.807, 2.05) is 35.9 Å². The van der Waals surface area contributed by atoms with Crippen LogP contribution in [0.15, 0.2) is 61.2 Å². The summed E-state index contributed by atoms with van der Waals surface area (Å²) in [4.78, 5) is 6.14. The van der Waals surface area contributed by atoms with E-state index in [1.165, 1.54) is 12.1 Å². The van der Waals surface area contributed by atoms with Crippen molar-refractivity contribution in [3.8, 4) is 0 Å². The summed E-state index contributed by atoms with van der Waals surface area (Å²) in [6.45, 7) is 4.15. The molecule has 4 nitrogen and oxygen atoms in total. The van der Waals surface area contributed by atoms with Gasteiger partial charge < -0.3 is 14.8 Å². The minimum absolute atomic E-state index is 0.245. The Morgan fingerprint density at radius 1 is 1.25 bits per heavy atom. The SMILES string of the molecule is Cc1ccc(NC(=S)N(CCCn2ccnc2)Cc2ccc(F)cc2)cc1Cl. The number of aryl methyl sites for hydroxylation is 2. The molecule has 0 unspecified atom stereocenters. The molecule has 1 N–H and O–H groups in total. The number of benzene rings is 2. The first-order valence-corrected chi connectivity index (χ1v) is 9.82. The maximum atomic E-state index is 13.2. The Labute approximate surface area is 175 Å². The van der Waals surface area contributed by atoms with Gasteiger partial charge in [-0.15, -0.1) is 0 Å². The molecule has 1 heterocycles. The second-order valence-corrected chi connectivity index (χ2v) is 7.39. The number of hydrogen-bond donors (Lipinski definition) is 1. The second-order valence-electron chi connectivity index (χ2n) is 6.60. The van der Waals surface area contributed by atoms with Gasteiger partial charge in [0.15, 0.2) is 5.11 Å². The van der Waals surface area contributed by atoms with Gasteiger partial charge in [-0.2, -0.15) is 0 Å². The van der Waals surface area contributed by atoms with Gasteiger partial charge in [0, 0.05) is 42.7 Å². The molecular weight excluding hydrogens is 395 g/mol. The summed E-state index contributed by atoms with van der Waals surface area (Å²) in [5.41, 5.74) is 2.86. The van der Waals surface area contributed by atoms with E-state index in [9.17, 15) is 4.39 Å². The molecule has 0 aliphatic heterocycles. The molecule has 3 aromatic rings. The zero-order valence-electron chi connectivity index (χ0n) is 15.6. The summed E-state index contributed by atoms with van der Waals surface area (Å²) in [6, 6.07) is 12.3. The van der Waals surface area contributed by atoms with E-state index in [0.29, 0.717) is 16.7 Å². The third-order valence-electron chi connectivity index (χ3n) is 4.40.